The minimum Gasteiger partial charge on any atom is -0.388 e. The minimum atomic E-state index is -0.815. The smallest absolute Gasteiger partial charge is 0.0867 e. The summed E-state index contributed by atoms with van der Waals surface area (Å²) >= 11 is 0. The zero-order valence-corrected chi connectivity index (χ0v) is 11.6. The van der Waals surface area contributed by atoms with Gasteiger partial charge in [-0.05, 0) is 24.9 Å². The summed E-state index contributed by atoms with van der Waals surface area (Å²) in [7, 11) is 0. The van der Waals surface area contributed by atoms with Crippen LogP contribution in [0.5, 0.6) is 0 Å². The summed E-state index contributed by atoms with van der Waals surface area (Å²) in [4.78, 5) is 2.28. The highest BCUT2D eigenvalue weighted by molar-refractivity contribution is 5.22. The van der Waals surface area contributed by atoms with Crippen molar-refractivity contribution in [2.45, 2.75) is 18.4 Å². The van der Waals surface area contributed by atoms with Gasteiger partial charge >= 0.3 is 0 Å². The van der Waals surface area contributed by atoms with Crippen molar-refractivity contribution in [3.05, 3.63) is 35.9 Å². The highest BCUT2D eigenvalue weighted by Gasteiger charge is 2.35. The molecule has 0 radical (unpaired) electrons. The SMILES string of the molecule is CC(O)(CN)CN1C[C@@H](CN)[C@H](c2ccccc2)C1. The van der Waals surface area contributed by atoms with E-state index in [4.69, 9.17) is 11.5 Å². The Kier molecular flexibility index (Phi) is 4.58. The third-order valence-corrected chi connectivity index (χ3v) is 4.05. The van der Waals surface area contributed by atoms with Crippen LogP contribution in [0.25, 0.3) is 0 Å². The van der Waals surface area contributed by atoms with E-state index in [2.05, 4.69) is 29.2 Å². The van der Waals surface area contributed by atoms with Crippen LogP contribution in [0, 0.1) is 5.92 Å². The Hall–Kier alpha value is -0.940. The second kappa shape index (κ2) is 6.01. The molecule has 0 amide bonds. The van der Waals surface area contributed by atoms with Crippen LogP contribution >= 0.6 is 0 Å². The summed E-state index contributed by atoms with van der Waals surface area (Å²) in [5, 5.41) is 10.1. The van der Waals surface area contributed by atoms with Crippen molar-refractivity contribution in [2.75, 3.05) is 32.7 Å². The van der Waals surface area contributed by atoms with Gasteiger partial charge in [0.05, 0.1) is 5.60 Å². The predicted octanol–water partition coefficient (Wildman–Crippen LogP) is 0.370. The predicted molar refractivity (Wildman–Crippen MR) is 77.8 cm³/mol. The first-order chi connectivity index (χ1) is 9.05. The van der Waals surface area contributed by atoms with Gasteiger partial charge < -0.3 is 16.6 Å². The van der Waals surface area contributed by atoms with Gasteiger partial charge in [0.1, 0.15) is 0 Å². The molecule has 1 aliphatic heterocycles. The van der Waals surface area contributed by atoms with Gasteiger partial charge in [-0.1, -0.05) is 30.3 Å². The van der Waals surface area contributed by atoms with Crippen LogP contribution in [0.3, 0.4) is 0 Å². The van der Waals surface area contributed by atoms with Gasteiger partial charge in [0.15, 0.2) is 0 Å². The van der Waals surface area contributed by atoms with Crippen LogP contribution in [0.4, 0.5) is 0 Å². The number of nitrogens with zero attached hydrogens (tertiary/aromatic N) is 1. The zero-order valence-electron chi connectivity index (χ0n) is 11.6. The number of benzene rings is 1. The number of hydrogen-bond acceptors (Lipinski definition) is 4. The Bertz CT molecular complexity index is 394. The number of hydrogen-bond donors (Lipinski definition) is 3. The topological polar surface area (TPSA) is 75.5 Å². The first-order valence-electron chi connectivity index (χ1n) is 6.95. The van der Waals surface area contributed by atoms with Gasteiger partial charge in [-0.15, -0.1) is 0 Å². The summed E-state index contributed by atoms with van der Waals surface area (Å²) in [5.74, 6) is 0.913. The highest BCUT2D eigenvalue weighted by atomic mass is 16.3. The summed E-state index contributed by atoms with van der Waals surface area (Å²) in [6.45, 7) is 5.26. The normalized spacial score (nSPS) is 27.4. The third kappa shape index (κ3) is 3.54. The third-order valence-electron chi connectivity index (χ3n) is 4.05. The lowest BCUT2D eigenvalue weighted by Crippen LogP contribution is -2.45. The van der Waals surface area contributed by atoms with Gasteiger partial charge in [-0.3, -0.25) is 4.90 Å². The van der Waals surface area contributed by atoms with E-state index in [0.717, 1.165) is 13.1 Å². The quantitative estimate of drug-likeness (QED) is 0.717. The average molecular weight is 263 g/mol. The van der Waals surface area contributed by atoms with E-state index in [0.29, 0.717) is 24.9 Å². The fraction of sp³-hybridized carbons (Fsp3) is 0.600. The molecule has 0 aliphatic carbocycles. The number of aliphatic hydroxyl groups is 1. The largest absolute Gasteiger partial charge is 0.388 e. The van der Waals surface area contributed by atoms with Crippen LogP contribution in [0.1, 0.15) is 18.4 Å². The molecule has 1 fully saturated rings. The van der Waals surface area contributed by atoms with Gasteiger partial charge in [-0.25, -0.2) is 0 Å². The summed E-state index contributed by atoms with van der Waals surface area (Å²) in [6.07, 6.45) is 0. The van der Waals surface area contributed by atoms with Crippen molar-refractivity contribution in [1.29, 1.82) is 0 Å². The second-order valence-corrected chi connectivity index (χ2v) is 5.91. The lowest BCUT2D eigenvalue weighted by Gasteiger charge is -2.27. The zero-order chi connectivity index (χ0) is 13.9. The molecular weight excluding hydrogens is 238 g/mol. The maximum atomic E-state index is 10.1. The van der Waals surface area contributed by atoms with Crippen LogP contribution < -0.4 is 11.5 Å². The highest BCUT2D eigenvalue weighted by Crippen LogP contribution is 2.32. The molecule has 1 aromatic rings. The molecule has 4 nitrogen and oxygen atoms in total. The van der Waals surface area contributed by atoms with E-state index >= 15 is 0 Å². The Morgan fingerprint density at radius 1 is 1.26 bits per heavy atom. The van der Waals surface area contributed by atoms with Crippen molar-refractivity contribution in [1.82, 2.24) is 4.90 Å². The molecule has 1 saturated heterocycles. The van der Waals surface area contributed by atoms with Crippen LogP contribution in [-0.2, 0) is 0 Å². The Morgan fingerprint density at radius 3 is 2.53 bits per heavy atom. The molecule has 4 heteroatoms. The molecule has 1 unspecified atom stereocenters. The van der Waals surface area contributed by atoms with E-state index in [1.54, 1.807) is 6.92 Å². The van der Waals surface area contributed by atoms with Gasteiger partial charge in [0, 0.05) is 32.1 Å². The monoisotopic (exact) mass is 263 g/mol. The van der Waals surface area contributed by atoms with E-state index in [-0.39, 0.29) is 6.54 Å². The Morgan fingerprint density at radius 2 is 1.95 bits per heavy atom. The molecule has 2 rings (SSSR count). The first kappa shape index (κ1) is 14.5. The second-order valence-electron chi connectivity index (χ2n) is 5.91. The maximum Gasteiger partial charge on any atom is 0.0867 e. The summed E-state index contributed by atoms with van der Waals surface area (Å²) in [6, 6.07) is 10.5. The van der Waals surface area contributed by atoms with Crippen LogP contribution in [-0.4, -0.2) is 48.3 Å². The van der Waals surface area contributed by atoms with E-state index in [1.807, 2.05) is 6.07 Å². The van der Waals surface area contributed by atoms with Crippen LogP contribution in [0.15, 0.2) is 30.3 Å². The molecule has 3 atom stereocenters. The summed E-state index contributed by atoms with van der Waals surface area (Å²) in [5.41, 5.74) is 12.0. The number of β-amino-alcohol motifs (C(OH)–C–C–N with tert-alkyl or cyclic N) is 1. The van der Waals surface area contributed by atoms with E-state index in [9.17, 15) is 5.11 Å². The van der Waals surface area contributed by atoms with E-state index < -0.39 is 5.60 Å². The molecule has 19 heavy (non-hydrogen) atoms. The van der Waals surface area contributed by atoms with Crippen molar-refractivity contribution < 1.29 is 5.11 Å². The molecule has 1 aliphatic rings. The minimum absolute atomic E-state index is 0.285. The molecule has 106 valence electrons. The average Bonchev–Trinajstić information content (AvgIpc) is 2.82. The Balaban J connectivity index is 2.06. The molecule has 0 spiro atoms. The number of nitrogens with two attached hydrogens (primary N) is 2. The van der Waals surface area contributed by atoms with E-state index in [1.165, 1.54) is 5.56 Å². The molecule has 0 saturated carbocycles. The molecule has 1 aromatic carbocycles. The lowest BCUT2D eigenvalue weighted by molar-refractivity contribution is 0.0333. The van der Waals surface area contributed by atoms with Gasteiger partial charge in [-0.2, -0.15) is 0 Å². The fourth-order valence-electron chi connectivity index (χ4n) is 2.95. The number of likely N-dealkylation sites (tertiary alicyclic amines) is 1. The molecule has 0 aromatic heterocycles. The Labute approximate surface area is 115 Å². The standard InChI is InChI=1S/C15H25N3O/c1-15(19,10-17)11-18-8-13(7-16)14(9-18)12-5-3-2-4-6-12/h2-6,13-14,19H,7-11,16-17H2,1H3/t13-,14+,15?/m1/s1. The molecule has 0 bridgehead atoms. The molecule has 1 heterocycles. The van der Waals surface area contributed by atoms with Crippen LogP contribution in [0.2, 0.25) is 0 Å². The maximum absolute atomic E-state index is 10.1. The first-order valence-corrected chi connectivity index (χ1v) is 6.95. The lowest BCUT2D eigenvalue weighted by atomic mass is 9.89. The fourth-order valence-corrected chi connectivity index (χ4v) is 2.95. The van der Waals surface area contributed by atoms with Crippen molar-refractivity contribution in [3.63, 3.8) is 0 Å². The molecule has 5 N–H and O–H groups in total. The van der Waals surface area contributed by atoms with Crippen molar-refractivity contribution in [3.8, 4) is 0 Å². The molecular formula is C15H25N3O. The summed E-state index contributed by atoms with van der Waals surface area (Å²) < 4.78 is 0. The van der Waals surface area contributed by atoms with Crippen molar-refractivity contribution >= 4 is 0 Å². The van der Waals surface area contributed by atoms with Gasteiger partial charge in [0.25, 0.3) is 0 Å². The number of rotatable bonds is 5. The van der Waals surface area contributed by atoms with Crippen molar-refractivity contribution in [2.24, 2.45) is 17.4 Å². The van der Waals surface area contributed by atoms with Gasteiger partial charge in [0.2, 0.25) is 0 Å².